The van der Waals surface area contributed by atoms with Gasteiger partial charge in [0.25, 0.3) is 10.0 Å². The van der Waals surface area contributed by atoms with Crippen LogP contribution in [-0.2, 0) is 10.0 Å². The van der Waals surface area contributed by atoms with E-state index in [1.54, 1.807) is 36.4 Å². The van der Waals surface area contributed by atoms with Crippen LogP contribution < -0.4 is 4.83 Å². The van der Waals surface area contributed by atoms with Crippen molar-refractivity contribution in [3.8, 4) is 0 Å². The van der Waals surface area contributed by atoms with Gasteiger partial charge in [-0.2, -0.15) is 13.2 Å². The summed E-state index contributed by atoms with van der Waals surface area (Å²) in [6, 6.07) is 15.2. The van der Waals surface area contributed by atoms with Gasteiger partial charge in [-0.3, -0.25) is 0 Å². The third-order valence-electron chi connectivity index (χ3n) is 2.61. The third kappa shape index (κ3) is 2.15. The predicted molar refractivity (Wildman–Crippen MR) is 70.5 cm³/mol. The fourth-order valence-electron chi connectivity index (χ4n) is 1.70. The van der Waals surface area contributed by atoms with Gasteiger partial charge in [-0.1, -0.05) is 30.3 Å². The molecule has 7 heteroatoms. The van der Waals surface area contributed by atoms with E-state index in [-0.39, 0.29) is 4.90 Å². The van der Waals surface area contributed by atoms with Crippen LogP contribution in [0.2, 0.25) is 0 Å². The molecule has 0 fully saturated rings. The van der Waals surface area contributed by atoms with Gasteiger partial charge in [-0.15, -0.1) is 9.89 Å². The lowest BCUT2D eigenvalue weighted by Gasteiger charge is -2.07. The number of benzene rings is 2. The van der Waals surface area contributed by atoms with Crippen LogP contribution in [0.4, 0.5) is 0 Å². The molecular formula is C12H10N4O2S. The molecule has 0 atom stereocenters. The van der Waals surface area contributed by atoms with Crippen molar-refractivity contribution in [1.82, 2.24) is 15.1 Å². The van der Waals surface area contributed by atoms with Crippen molar-refractivity contribution in [3.63, 3.8) is 0 Å². The summed E-state index contributed by atoms with van der Waals surface area (Å²) in [7, 11) is -3.66. The highest BCUT2D eigenvalue weighted by Crippen LogP contribution is 2.12. The number of para-hydroxylation sites is 1. The molecule has 0 aliphatic carbocycles. The second-order valence-corrected chi connectivity index (χ2v) is 5.56. The largest absolute Gasteiger partial charge is 0.276 e. The Morgan fingerprint density at radius 3 is 2.42 bits per heavy atom. The standard InChI is InChI=1S/C12H10N4O2S/c17-19(18,10-6-2-1-3-7-10)15-16-12-9-5-4-8-11(12)13-14-16/h1-9,15H. The number of rotatable bonds is 3. The Morgan fingerprint density at radius 1 is 0.947 bits per heavy atom. The number of nitrogens with one attached hydrogen (secondary N) is 1. The maximum Gasteiger partial charge on any atom is 0.276 e. The summed E-state index contributed by atoms with van der Waals surface area (Å²) in [5, 5.41) is 7.66. The van der Waals surface area contributed by atoms with Crippen molar-refractivity contribution in [2.45, 2.75) is 4.90 Å². The molecule has 0 amide bonds. The highest BCUT2D eigenvalue weighted by atomic mass is 32.2. The van der Waals surface area contributed by atoms with E-state index in [2.05, 4.69) is 15.1 Å². The number of hydrogen-bond acceptors (Lipinski definition) is 4. The van der Waals surface area contributed by atoms with E-state index >= 15 is 0 Å². The average Bonchev–Trinajstić information content (AvgIpc) is 2.83. The van der Waals surface area contributed by atoms with Crippen molar-refractivity contribution >= 4 is 21.1 Å². The third-order valence-corrected chi connectivity index (χ3v) is 3.92. The normalized spacial score (nSPS) is 11.6. The van der Waals surface area contributed by atoms with Crippen LogP contribution in [0, 0.1) is 0 Å². The smallest absolute Gasteiger partial charge is 0.200 e. The number of fused-ring (bicyclic) bond motifs is 1. The van der Waals surface area contributed by atoms with Crippen LogP contribution in [0.25, 0.3) is 11.0 Å². The minimum Gasteiger partial charge on any atom is -0.200 e. The highest BCUT2D eigenvalue weighted by Gasteiger charge is 2.15. The lowest BCUT2D eigenvalue weighted by molar-refractivity contribution is 0.591. The fraction of sp³-hybridized carbons (Fsp3) is 0. The van der Waals surface area contributed by atoms with Gasteiger partial charge in [0.1, 0.15) is 11.0 Å². The molecule has 0 aliphatic rings. The van der Waals surface area contributed by atoms with Gasteiger partial charge in [0.05, 0.1) is 4.90 Å². The molecule has 2 aromatic carbocycles. The Labute approximate surface area is 109 Å². The molecule has 6 nitrogen and oxygen atoms in total. The van der Waals surface area contributed by atoms with E-state index in [1.165, 1.54) is 12.1 Å². The Kier molecular flexibility index (Phi) is 2.68. The predicted octanol–water partition coefficient (Wildman–Crippen LogP) is 1.36. The Morgan fingerprint density at radius 2 is 1.63 bits per heavy atom. The second-order valence-electron chi connectivity index (χ2n) is 3.90. The molecule has 0 spiro atoms. The highest BCUT2D eigenvalue weighted by molar-refractivity contribution is 7.92. The molecule has 0 saturated heterocycles. The summed E-state index contributed by atoms with van der Waals surface area (Å²) in [6.45, 7) is 0. The van der Waals surface area contributed by atoms with Crippen LogP contribution in [0.15, 0.2) is 59.5 Å². The lowest BCUT2D eigenvalue weighted by atomic mass is 10.3. The van der Waals surface area contributed by atoms with Gasteiger partial charge in [0, 0.05) is 0 Å². The number of sulfonamides is 1. The van der Waals surface area contributed by atoms with Gasteiger partial charge in [-0.25, -0.2) is 0 Å². The molecule has 0 radical (unpaired) electrons. The van der Waals surface area contributed by atoms with E-state index in [4.69, 9.17) is 0 Å². The van der Waals surface area contributed by atoms with Gasteiger partial charge < -0.3 is 0 Å². The summed E-state index contributed by atoms with van der Waals surface area (Å²) in [4.78, 5) is 3.70. The molecule has 3 rings (SSSR count). The zero-order valence-electron chi connectivity index (χ0n) is 9.76. The molecule has 1 aromatic heterocycles. The first-order valence-corrected chi connectivity index (χ1v) is 7.03. The lowest BCUT2D eigenvalue weighted by Crippen LogP contribution is -2.24. The van der Waals surface area contributed by atoms with E-state index in [9.17, 15) is 8.42 Å². The topological polar surface area (TPSA) is 76.9 Å². The molecule has 0 bridgehead atoms. The van der Waals surface area contributed by atoms with Crippen LogP contribution in [-0.4, -0.2) is 23.5 Å². The Bertz CT molecular complexity index is 812. The minimum absolute atomic E-state index is 0.176. The number of aromatic nitrogens is 3. The van der Waals surface area contributed by atoms with Crippen LogP contribution in [0.5, 0.6) is 0 Å². The second kappa shape index (κ2) is 4.36. The Balaban J connectivity index is 2.02. The van der Waals surface area contributed by atoms with Gasteiger partial charge in [0.15, 0.2) is 0 Å². The molecule has 0 unspecified atom stereocenters. The van der Waals surface area contributed by atoms with Crippen molar-refractivity contribution in [2.24, 2.45) is 0 Å². The first kappa shape index (κ1) is 11.7. The molecule has 1 N–H and O–H groups in total. The SMILES string of the molecule is O=S(=O)(Nn1nnc2ccccc21)c1ccccc1. The summed E-state index contributed by atoms with van der Waals surface area (Å²) in [5.74, 6) is 0. The van der Waals surface area contributed by atoms with Crippen molar-refractivity contribution < 1.29 is 8.42 Å². The van der Waals surface area contributed by atoms with Crippen LogP contribution >= 0.6 is 0 Å². The molecule has 0 aliphatic heterocycles. The van der Waals surface area contributed by atoms with E-state index in [1.807, 2.05) is 6.07 Å². The summed E-state index contributed by atoms with van der Waals surface area (Å²) in [6.07, 6.45) is 0. The molecule has 1 heterocycles. The number of hydrogen-bond donors (Lipinski definition) is 1. The zero-order chi connectivity index (χ0) is 13.3. The summed E-state index contributed by atoms with van der Waals surface area (Å²) >= 11 is 0. The molecular weight excluding hydrogens is 264 g/mol. The van der Waals surface area contributed by atoms with Crippen molar-refractivity contribution in [2.75, 3.05) is 4.83 Å². The van der Waals surface area contributed by atoms with Crippen LogP contribution in [0.1, 0.15) is 0 Å². The fourth-order valence-corrected chi connectivity index (χ4v) is 2.69. The maximum absolute atomic E-state index is 12.1. The van der Waals surface area contributed by atoms with E-state index in [0.717, 1.165) is 4.79 Å². The van der Waals surface area contributed by atoms with Gasteiger partial charge in [0.2, 0.25) is 0 Å². The molecule has 3 aromatic rings. The van der Waals surface area contributed by atoms with Gasteiger partial charge >= 0.3 is 0 Å². The molecule has 0 saturated carbocycles. The summed E-state index contributed by atoms with van der Waals surface area (Å²) in [5.41, 5.74) is 1.22. The monoisotopic (exact) mass is 274 g/mol. The average molecular weight is 274 g/mol. The van der Waals surface area contributed by atoms with E-state index < -0.39 is 10.0 Å². The maximum atomic E-state index is 12.1. The first-order chi connectivity index (χ1) is 9.17. The summed E-state index contributed by atoms with van der Waals surface area (Å²) < 4.78 is 24.3. The molecule has 96 valence electrons. The van der Waals surface area contributed by atoms with Crippen molar-refractivity contribution in [3.05, 3.63) is 54.6 Å². The quantitative estimate of drug-likeness (QED) is 0.782. The Hall–Kier alpha value is -2.41. The minimum atomic E-state index is -3.66. The van der Waals surface area contributed by atoms with Gasteiger partial charge in [-0.05, 0) is 29.5 Å². The van der Waals surface area contributed by atoms with E-state index in [0.29, 0.717) is 11.0 Å². The van der Waals surface area contributed by atoms with Crippen LogP contribution in [0.3, 0.4) is 0 Å². The number of nitrogens with zero attached hydrogens (tertiary/aromatic N) is 3. The zero-order valence-corrected chi connectivity index (χ0v) is 10.6. The first-order valence-electron chi connectivity index (χ1n) is 5.55. The van der Waals surface area contributed by atoms with Crippen molar-refractivity contribution in [1.29, 1.82) is 0 Å². The molecule has 19 heavy (non-hydrogen) atoms.